The summed E-state index contributed by atoms with van der Waals surface area (Å²) in [6.07, 6.45) is 6.33. The first-order valence-electron chi connectivity index (χ1n) is 12.6. The first-order valence-corrected chi connectivity index (χ1v) is 12.6. The standard InChI is InChI=1S/C28H37N3O2/c1-3-24(22-10-6-4-7-11-22)27(32)29-23-12-13-26(30-18-14-21(2)15-19-30)25(20-23)28(33)31-16-8-5-9-17-31/h4,6-7,10-13,20-21,24H,3,5,8-9,14-19H2,1-2H3,(H,29,32). The molecule has 2 aromatic rings. The topological polar surface area (TPSA) is 52.7 Å². The van der Waals surface area contributed by atoms with E-state index < -0.39 is 0 Å². The van der Waals surface area contributed by atoms with Gasteiger partial charge in [0.1, 0.15) is 0 Å². The first-order chi connectivity index (χ1) is 16.1. The number of hydrogen-bond acceptors (Lipinski definition) is 3. The highest BCUT2D eigenvalue weighted by atomic mass is 16.2. The lowest BCUT2D eigenvalue weighted by Gasteiger charge is -2.35. The molecule has 1 unspecified atom stereocenters. The van der Waals surface area contributed by atoms with Gasteiger partial charge < -0.3 is 15.1 Å². The van der Waals surface area contributed by atoms with Crippen LogP contribution in [0.15, 0.2) is 48.5 Å². The molecule has 0 spiro atoms. The molecule has 2 aliphatic heterocycles. The number of anilines is 2. The summed E-state index contributed by atoms with van der Waals surface area (Å²) in [6.45, 7) is 7.91. The Morgan fingerprint density at radius 2 is 1.67 bits per heavy atom. The zero-order valence-corrected chi connectivity index (χ0v) is 20.1. The Morgan fingerprint density at radius 1 is 0.970 bits per heavy atom. The molecule has 2 saturated heterocycles. The summed E-state index contributed by atoms with van der Waals surface area (Å²) >= 11 is 0. The van der Waals surface area contributed by atoms with Crippen LogP contribution < -0.4 is 10.2 Å². The maximum Gasteiger partial charge on any atom is 0.256 e. The van der Waals surface area contributed by atoms with Gasteiger partial charge in [0.2, 0.25) is 5.91 Å². The SMILES string of the molecule is CCC(C(=O)Nc1ccc(N2CCC(C)CC2)c(C(=O)N2CCCCC2)c1)c1ccccc1. The van der Waals surface area contributed by atoms with E-state index in [2.05, 4.69) is 17.1 Å². The van der Waals surface area contributed by atoms with Crippen LogP contribution in [0.4, 0.5) is 11.4 Å². The van der Waals surface area contributed by atoms with E-state index in [4.69, 9.17) is 0 Å². The van der Waals surface area contributed by atoms with E-state index in [1.807, 2.05) is 60.4 Å². The molecule has 0 aromatic heterocycles. The van der Waals surface area contributed by atoms with Gasteiger partial charge in [0, 0.05) is 37.6 Å². The summed E-state index contributed by atoms with van der Waals surface area (Å²) in [4.78, 5) is 31.0. The van der Waals surface area contributed by atoms with Crippen LogP contribution in [0.3, 0.4) is 0 Å². The van der Waals surface area contributed by atoms with E-state index in [-0.39, 0.29) is 17.7 Å². The lowest BCUT2D eigenvalue weighted by Crippen LogP contribution is -2.38. The van der Waals surface area contributed by atoms with Gasteiger partial charge in [0.05, 0.1) is 11.5 Å². The molecule has 2 fully saturated rings. The summed E-state index contributed by atoms with van der Waals surface area (Å²) in [5.74, 6) is 0.579. The van der Waals surface area contributed by atoms with Gasteiger partial charge in [0.25, 0.3) is 5.91 Å². The van der Waals surface area contributed by atoms with Crippen molar-refractivity contribution in [1.29, 1.82) is 0 Å². The second-order valence-corrected chi connectivity index (χ2v) is 9.62. The molecular formula is C28H37N3O2. The fourth-order valence-electron chi connectivity index (χ4n) is 5.06. The van der Waals surface area contributed by atoms with Gasteiger partial charge in [-0.05, 0) is 68.2 Å². The van der Waals surface area contributed by atoms with Gasteiger partial charge in [-0.3, -0.25) is 9.59 Å². The number of piperidine rings is 2. The van der Waals surface area contributed by atoms with E-state index in [9.17, 15) is 9.59 Å². The van der Waals surface area contributed by atoms with Crippen LogP contribution >= 0.6 is 0 Å². The Kier molecular flexibility index (Phi) is 7.69. The van der Waals surface area contributed by atoms with Crippen LogP contribution in [0.5, 0.6) is 0 Å². The summed E-state index contributed by atoms with van der Waals surface area (Å²) < 4.78 is 0. The average Bonchev–Trinajstić information content (AvgIpc) is 2.86. The third-order valence-corrected chi connectivity index (χ3v) is 7.19. The van der Waals surface area contributed by atoms with Crippen molar-refractivity contribution in [1.82, 2.24) is 4.90 Å². The van der Waals surface area contributed by atoms with Crippen molar-refractivity contribution in [2.24, 2.45) is 5.92 Å². The summed E-state index contributed by atoms with van der Waals surface area (Å²) in [5.41, 5.74) is 3.44. The minimum Gasteiger partial charge on any atom is -0.371 e. The van der Waals surface area contributed by atoms with Crippen LogP contribution in [-0.4, -0.2) is 42.9 Å². The van der Waals surface area contributed by atoms with Crippen LogP contribution in [-0.2, 0) is 4.79 Å². The highest BCUT2D eigenvalue weighted by Crippen LogP contribution is 2.31. The number of nitrogens with zero attached hydrogens (tertiary/aromatic N) is 2. The van der Waals surface area contributed by atoms with Crippen molar-refractivity contribution in [3.05, 3.63) is 59.7 Å². The van der Waals surface area contributed by atoms with Gasteiger partial charge in [0.15, 0.2) is 0 Å². The fourth-order valence-corrected chi connectivity index (χ4v) is 5.06. The van der Waals surface area contributed by atoms with Crippen molar-refractivity contribution in [2.45, 2.75) is 58.3 Å². The Hall–Kier alpha value is -2.82. The Bertz CT molecular complexity index is 945. The molecule has 5 nitrogen and oxygen atoms in total. The zero-order chi connectivity index (χ0) is 23.2. The van der Waals surface area contributed by atoms with Crippen LogP contribution in [0.25, 0.3) is 0 Å². The minimum absolute atomic E-state index is 0.0281. The second-order valence-electron chi connectivity index (χ2n) is 9.62. The molecule has 2 aliphatic rings. The monoisotopic (exact) mass is 447 g/mol. The average molecular weight is 448 g/mol. The Morgan fingerprint density at radius 3 is 2.33 bits per heavy atom. The molecule has 2 aromatic carbocycles. The predicted octanol–water partition coefficient (Wildman–Crippen LogP) is 5.68. The molecule has 2 heterocycles. The third kappa shape index (κ3) is 5.58. The second kappa shape index (κ2) is 10.9. The molecule has 5 heteroatoms. The van der Waals surface area contributed by atoms with Gasteiger partial charge in [-0.25, -0.2) is 0 Å². The number of hydrogen-bond donors (Lipinski definition) is 1. The Labute approximate surface area is 198 Å². The maximum absolute atomic E-state index is 13.6. The van der Waals surface area contributed by atoms with Crippen molar-refractivity contribution in [2.75, 3.05) is 36.4 Å². The van der Waals surface area contributed by atoms with Crippen LogP contribution in [0.2, 0.25) is 0 Å². The predicted molar refractivity (Wildman–Crippen MR) is 135 cm³/mol. The molecule has 0 radical (unpaired) electrons. The highest BCUT2D eigenvalue weighted by molar-refractivity contribution is 6.03. The quantitative estimate of drug-likeness (QED) is 0.620. The van der Waals surface area contributed by atoms with Crippen molar-refractivity contribution >= 4 is 23.2 Å². The molecule has 1 atom stereocenters. The number of benzene rings is 2. The number of rotatable bonds is 6. The van der Waals surface area contributed by atoms with Gasteiger partial charge >= 0.3 is 0 Å². The third-order valence-electron chi connectivity index (χ3n) is 7.19. The Balaban J connectivity index is 1.59. The van der Waals surface area contributed by atoms with Gasteiger partial charge in [-0.2, -0.15) is 0 Å². The summed E-state index contributed by atoms with van der Waals surface area (Å²) in [6, 6.07) is 15.8. The zero-order valence-electron chi connectivity index (χ0n) is 20.1. The van der Waals surface area contributed by atoms with E-state index >= 15 is 0 Å². The van der Waals surface area contributed by atoms with Crippen molar-refractivity contribution in [3.8, 4) is 0 Å². The number of likely N-dealkylation sites (tertiary alicyclic amines) is 1. The molecule has 1 N–H and O–H groups in total. The minimum atomic E-state index is -0.212. The van der Waals surface area contributed by atoms with E-state index in [1.54, 1.807) is 0 Å². The van der Waals surface area contributed by atoms with Crippen molar-refractivity contribution in [3.63, 3.8) is 0 Å². The van der Waals surface area contributed by atoms with E-state index in [0.29, 0.717) is 5.69 Å². The smallest absolute Gasteiger partial charge is 0.256 e. The number of nitrogens with one attached hydrogen (secondary N) is 1. The molecule has 0 bridgehead atoms. The molecule has 33 heavy (non-hydrogen) atoms. The van der Waals surface area contributed by atoms with Crippen LogP contribution in [0.1, 0.15) is 74.2 Å². The summed E-state index contributed by atoms with van der Waals surface area (Å²) in [5, 5.41) is 3.10. The molecule has 2 amide bonds. The lowest BCUT2D eigenvalue weighted by molar-refractivity contribution is -0.117. The first kappa shape index (κ1) is 23.3. The number of carbonyl (C=O) groups is 2. The number of amides is 2. The maximum atomic E-state index is 13.6. The van der Waals surface area contributed by atoms with Crippen molar-refractivity contribution < 1.29 is 9.59 Å². The lowest BCUT2D eigenvalue weighted by atomic mass is 9.95. The normalized spacial score (nSPS) is 18.1. The number of carbonyl (C=O) groups excluding carboxylic acids is 2. The van der Waals surface area contributed by atoms with Crippen LogP contribution in [0, 0.1) is 5.92 Å². The van der Waals surface area contributed by atoms with E-state index in [1.165, 1.54) is 6.42 Å². The molecular weight excluding hydrogens is 410 g/mol. The molecule has 0 aliphatic carbocycles. The molecule has 4 rings (SSSR count). The largest absolute Gasteiger partial charge is 0.371 e. The fraction of sp³-hybridized carbons (Fsp3) is 0.500. The highest BCUT2D eigenvalue weighted by Gasteiger charge is 2.26. The van der Waals surface area contributed by atoms with Gasteiger partial charge in [-0.15, -0.1) is 0 Å². The van der Waals surface area contributed by atoms with E-state index in [0.717, 1.165) is 81.0 Å². The molecule has 176 valence electrons. The summed E-state index contributed by atoms with van der Waals surface area (Å²) in [7, 11) is 0. The van der Waals surface area contributed by atoms with Gasteiger partial charge in [-0.1, -0.05) is 44.2 Å². The molecule has 0 saturated carbocycles.